The maximum absolute atomic E-state index is 13.7. The normalized spacial score (nSPS) is 15.9. The van der Waals surface area contributed by atoms with Crippen LogP contribution in [0.2, 0.25) is 25.7 Å². The standard InChI is InChI=1S/C37H44N8O5Si/c1-25-19-26(20-29-22-44(41-33(25)29)24-48-17-18-51(2,3)4)21-32(35-40-34(42-50-35)27-9-13-38-14-10-27)49-37(47)43-15-11-30(12-16-43)45-23-28-7-5-6-8-31(28)39-36(45)46/h5-10,13-14,19-20,22,30,32H,11-12,15-18,21,23-24H2,1-4H3,(H,39,46)/t32-/m1/s1. The van der Waals surface area contributed by atoms with Gasteiger partial charge < -0.3 is 29.1 Å². The van der Waals surface area contributed by atoms with Crippen molar-refractivity contribution in [1.29, 1.82) is 0 Å². The number of urea groups is 1. The summed E-state index contributed by atoms with van der Waals surface area (Å²) in [5, 5.41) is 12.9. The van der Waals surface area contributed by atoms with E-state index in [9.17, 15) is 9.59 Å². The predicted molar refractivity (Wildman–Crippen MR) is 195 cm³/mol. The number of carbonyl (C=O) groups is 2. The molecule has 5 heterocycles. The minimum absolute atomic E-state index is 0.0124. The van der Waals surface area contributed by atoms with Crippen LogP contribution in [0.3, 0.4) is 0 Å². The zero-order valence-electron chi connectivity index (χ0n) is 29.5. The molecule has 2 aliphatic rings. The molecule has 1 atom stereocenters. The number of likely N-dealkylation sites (tertiary alicyclic amines) is 1. The van der Waals surface area contributed by atoms with Gasteiger partial charge in [-0.05, 0) is 66.8 Å². The van der Waals surface area contributed by atoms with Crippen LogP contribution in [0.15, 0.2) is 71.6 Å². The van der Waals surface area contributed by atoms with E-state index >= 15 is 0 Å². The largest absolute Gasteiger partial charge is 0.436 e. The van der Waals surface area contributed by atoms with E-state index in [4.69, 9.17) is 19.1 Å². The summed E-state index contributed by atoms with van der Waals surface area (Å²) in [7, 11) is -1.18. The van der Waals surface area contributed by atoms with Crippen molar-refractivity contribution in [3.05, 3.63) is 89.7 Å². The number of fused-ring (bicyclic) bond motifs is 2. The number of hydrogen-bond acceptors (Lipinski definition) is 9. The van der Waals surface area contributed by atoms with E-state index in [2.05, 4.69) is 52.2 Å². The zero-order chi connectivity index (χ0) is 35.5. The second kappa shape index (κ2) is 14.6. The van der Waals surface area contributed by atoms with E-state index < -0.39 is 20.3 Å². The van der Waals surface area contributed by atoms with Gasteiger partial charge in [-0.3, -0.25) is 4.98 Å². The first-order valence-corrected chi connectivity index (χ1v) is 21.2. The van der Waals surface area contributed by atoms with Crippen LogP contribution in [-0.2, 0) is 29.2 Å². The Morgan fingerprint density at radius 1 is 1.10 bits per heavy atom. The van der Waals surface area contributed by atoms with Crippen molar-refractivity contribution < 1.29 is 23.6 Å². The monoisotopic (exact) mass is 708 g/mol. The molecule has 51 heavy (non-hydrogen) atoms. The first-order chi connectivity index (χ1) is 24.6. The summed E-state index contributed by atoms with van der Waals surface area (Å²) in [6, 6.07) is 16.5. The van der Waals surface area contributed by atoms with Crippen LogP contribution in [-0.4, -0.2) is 80.6 Å². The maximum Gasteiger partial charge on any atom is 0.410 e. The van der Waals surface area contributed by atoms with Crippen molar-refractivity contribution in [2.24, 2.45) is 0 Å². The fraction of sp³-hybridized carbons (Fsp3) is 0.405. The molecular formula is C37H44N8O5Si. The summed E-state index contributed by atoms with van der Waals surface area (Å²) in [5.41, 5.74) is 5.52. The van der Waals surface area contributed by atoms with Crippen LogP contribution in [0.5, 0.6) is 0 Å². The number of rotatable bonds is 11. The number of nitrogens with one attached hydrogen (secondary N) is 1. The van der Waals surface area contributed by atoms with Gasteiger partial charge >= 0.3 is 12.1 Å². The first-order valence-electron chi connectivity index (χ1n) is 17.5. The highest BCUT2D eigenvalue weighted by Crippen LogP contribution is 2.30. The number of benzene rings is 2. The van der Waals surface area contributed by atoms with Gasteiger partial charge in [-0.25, -0.2) is 14.3 Å². The molecule has 1 fully saturated rings. The fourth-order valence-corrected chi connectivity index (χ4v) is 7.37. The molecule has 0 aliphatic carbocycles. The van der Waals surface area contributed by atoms with E-state index in [1.165, 1.54) is 0 Å². The van der Waals surface area contributed by atoms with Gasteiger partial charge in [-0.2, -0.15) is 10.1 Å². The lowest BCUT2D eigenvalue weighted by Gasteiger charge is -2.40. The van der Waals surface area contributed by atoms with Crippen molar-refractivity contribution in [3.63, 3.8) is 0 Å². The van der Waals surface area contributed by atoms with Gasteiger partial charge in [-0.15, -0.1) is 0 Å². The van der Waals surface area contributed by atoms with Gasteiger partial charge in [0.05, 0.1) is 5.52 Å². The van der Waals surface area contributed by atoms with Crippen molar-refractivity contribution in [1.82, 2.24) is 34.7 Å². The van der Waals surface area contributed by atoms with Gasteiger partial charge in [-0.1, -0.05) is 49.1 Å². The Kier molecular flexibility index (Phi) is 9.87. The molecule has 14 heteroatoms. The molecule has 1 N–H and O–H groups in total. The van der Waals surface area contributed by atoms with Crippen molar-refractivity contribution in [2.45, 2.75) is 77.3 Å². The highest BCUT2D eigenvalue weighted by molar-refractivity contribution is 6.76. The van der Waals surface area contributed by atoms with Crippen molar-refractivity contribution in [3.8, 4) is 11.4 Å². The molecule has 7 rings (SSSR count). The molecule has 0 radical (unpaired) electrons. The number of carbonyl (C=O) groups excluding carboxylic acids is 2. The number of pyridine rings is 1. The quantitative estimate of drug-likeness (QED) is 0.113. The maximum atomic E-state index is 13.7. The molecular weight excluding hydrogens is 665 g/mol. The van der Waals surface area contributed by atoms with Crippen molar-refractivity contribution >= 4 is 36.8 Å². The second-order valence-corrected chi connectivity index (χ2v) is 20.2. The lowest BCUT2D eigenvalue weighted by Crippen LogP contribution is -2.51. The summed E-state index contributed by atoms with van der Waals surface area (Å²) in [6.45, 7) is 11.6. The number of anilines is 1. The fourth-order valence-electron chi connectivity index (χ4n) is 6.61. The van der Waals surface area contributed by atoms with Crippen LogP contribution in [0, 0.1) is 6.92 Å². The highest BCUT2D eigenvalue weighted by atomic mass is 28.3. The average molecular weight is 709 g/mol. The molecule has 3 aromatic heterocycles. The third kappa shape index (κ3) is 8.12. The smallest absolute Gasteiger partial charge is 0.410 e. The Morgan fingerprint density at radius 2 is 1.88 bits per heavy atom. The van der Waals surface area contributed by atoms with Gasteiger partial charge in [0.25, 0.3) is 5.89 Å². The number of ether oxygens (including phenoxy) is 2. The summed E-state index contributed by atoms with van der Waals surface area (Å²) in [6.07, 6.45) is 5.62. The van der Waals surface area contributed by atoms with E-state index in [1.54, 1.807) is 29.4 Å². The van der Waals surface area contributed by atoms with Gasteiger partial charge in [0.1, 0.15) is 6.73 Å². The number of piperidine rings is 1. The summed E-state index contributed by atoms with van der Waals surface area (Å²) in [4.78, 5) is 38.9. The summed E-state index contributed by atoms with van der Waals surface area (Å²) >= 11 is 0. The molecule has 0 saturated carbocycles. The number of hydrogen-bond donors (Lipinski definition) is 1. The number of aromatic nitrogens is 5. The Labute approximate surface area is 297 Å². The van der Waals surface area contributed by atoms with E-state index in [1.807, 2.05) is 47.0 Å². The van der Waals surface area contributed by atoms with Crippen LogP contribution in [0.25, 0.3) is 22.3 Å². The number of para-hydroxylation sites is 1. The second-order valence-electron chi connectivity index (χ2n) is 14.6. The number of aryl methyl sites for hydroxylation is 1. The van der Waals surface area contributed by atoms with Crippen LogP contribution in [0.1, 0.15) is 41.5 Å². The third-order valence-electron chi connectivity index (χ3n) is 9.47. The summed E-state index contributed by atoms with van der Waals surface area (Å²) in [5.74, 6) is 0.593. The number of nitrogens with zero attached hydrogens (tertiary/aromatic N) is 7. The topological polar surface area (TPSA) is 141 Å². The van der Waals surface area contributed by atoms with Gasteiger partial charge in [0.15, 0.2) is 6.10 Å². The molecule has 13 nitrogen and oxygen atoms in total. The molecule has 2 aliphatic heterocycles. The zero-order valence-corrected chi connectivity index (χ0v) is 30.5. The highest BCUT2D eigenvalue weighted by Gasteiger charge is 2.34. The Balaban J connectivity index is 1.05. The molecule has 0 unspecified atom stereocenters. The van der Waals surface area contributed by atoms with Crippen molar-refractivity contribution in [2.75, 3.05) is 25.0 Å². The lowest BCUT2D eigenvalue weighted by molar-refractivity contribution is 0.0358. The molecule has 0 spiro atoms. The Morgan fingerprint density at radius 3 is 2.67 bits per heavy atom. The van der Waals surface area contributed by atoms with E-state index in [0.29, 0.717) is 58.1 Å². The number of amides is 3. The van der Waals surface area contributed by atoms with Gasteiger partial charge in [0.2, 0.25) is 5.82 Å². The molecule has 5 aromatic rings. The minimum Gasteiger partial charge on any atom is -0.436 e. The van der Waals surface area contributed by atoms with Crippen LogP contribution < -0.4 is 5.32 Å². The molecule has 2 aromatic carbocycles. The van der Waals surface area contributed by atoms with Gasteiger partial charge in [0, 0.05) is 82.0 Å². The Bertz CT molecular complexity index is 2000. The first kappa shape index (κ1) is 34.4. The molecule has 0 bridgehead atoms. The third-order valence-corrected chi connectivity index (χ3v) is 11.2. The van der Waals surface area contributed by atoms with Crippen LogP contribution in [0.4, 0.5) is 15.3 Å². The van der Waals surface area contributed by atoms with E-state index in [-0.39, 0.29) is 18.0 Å². The van der Waals surface area contributed by atoms with Crippen LogP contribution >= 0.6 is 0 Å². The lowest BCUT2D eigenvalue weighted by atomic mass is 10.0. The average Bonchev–Trinajstić information content (AvgIpc) is 3.78. The molecule has 3 amide bonds. The Hall–Kier alpha value is -5.08. The molecule has 266 valence electrons. The summed E-state index contributed by atoms with van der Waals surface area (Å²) < 4.78 is 19.7. The molecule has 1 saturated heterocycles. The predicted octanol–water partition coefficient (Wildman–Crippen LogP) is 7.03. The van der Waals surface area contributed by atoms with E-state index in [0.717, 1.165) is 44.9 Å². The SMILES string of the molecule is Cc1cc(C[C@@H](OC(=O)N2CCC(N3Cc4ccccc4NC3=O)CC2)c2nc(-c3ccncc3)no2)cc2cn(COCC[Si](C)(C)C)nc12. The minimum atomic E-state index is -1.18.